The van der Waals surface area contributed by atoms with Crippen LogP contribution in [0.2, 0.25) is 0 Å². The van der Waals surface area contributed by atoms with E-state index in [-0.39, 0.29) is 0 Å². The molecule has 0 bridgehead atoms. The van der Waals surface area contributed by atoms with Crippen molar-refractivity contribution in [2.24, 2.45) is 0 Å². The van der Waals surface area contributed by atoms with Crippen LogP contribution in [0.15, 0.2) is 48.7 Å². The van der Waals surface area contributed by atoms with E-state index in [1.54, 1.807) is 0 Å². The summed E-state index contributed by atoms with van der Waals surface area (Å²) < 4.78 is 7.92. The SMILES string of the molecule is C[C@@H]1c2cccn2CCN1C[C@H](O)COCc1ccccc1. The standard InChI is InChI=1S/C18H24N2O2/c1-15-18-8-5-9-19(18)10-11-20(15)12-17(21)14-22-13-16-6-3-2-4-7-16/h2-9,15,17,21H,10-14H2,1H3/t15-,17+/m1/s1. The highest BCUT2D eigenvalue weighted by atomic mass is 16.5. The molecule has 0 spiro atoms. The number of hydrogen-bond acceptors (Lipinski definition) is 3. The number of aliphatic hydroxyl groups is 1. The fourth-order valence-corrected chi connectivity index (χ4v) is 3.09. The zero-order chi connectivity index (χ0) is 15.4. The van der Waals surface area contributed by atoms with Gasteiger partial charge in [-0.1, -0.05) is 30.3 Å². The van der Waals surface area contributed by atoms with Gasteiger partial charge in [0.1, 0.15) is 0 Å². The van der Waals surface area contributed by atoms with Crippen molar-refractivity contribution < 1.29 is 9.84 Å². The second-order valence-electron chi connectivity index (χ2n) is 5.95. The van der Waals surface area contributed by atoms with Crippen LogP contribution >= 0.6 is 0 Å². The first kappa shape index (κ1) is 15.3. The molecule has 0 fully saturated rings. The second-order valence-corrected chi connectivity index (χ2v) is 5.95. The second kappa shape index (κ2) is 7.09. The Kier molecular flexibility index (Phi) is 4.93. The van der Waals surface area contributed by atoms with Crippen LogP contribution in [-0.2, 0) is 17.9 Å². The summed E-state index contributed by atoms with van der Waals surface area (Å²) in [6.07, 6.45) is 1.68. The molecule has 1 aliphatic heterocycles. The average molecular weight is 300 g/mol. The van der Waals surface area contributed by atoms with Crippen LogP contribution in [0.1, 0.15) is 24.2 Å². The van der Waals surface area contributed by atoms with Crippen LogP contribution in [0.3, 0.4) is 0 Å². The minimum atomic E-state index is -0.451. The molecule has 1 aromatic heterocycles. The average Bonchev–Trinajstić information content (AvgIpc) is 3.01. The van der Waals surface area contributed by atoms with E-state index >= 15 is 0 Å². The molecule has 0 aliphatic carbocycles. The van der Waals surface area contributed by atoms with Crippen LogP contribution < -0.4 is 0 Å². The number of benzene rings is 1. The molecule has 1 N–H and O–H groups in total. The molecule has 4 nitrogen and oxygen atoms in total. The molecule has 0 amide bonds. The molecule has 0 radical (unpaired) electrons. The monoisotopic (exact) mass is 300 g/mol. The lowest BCUT2D eigenvalue weighted by Gasteiger charge is -2.36. The summed E-state index contributed by atoms with van der Waals surface area (Å²) in [6, 6.07) is 14.7. The Bertz CT molecular complexity index is 582. The highest BCUT2D eigenvalue weighted by molar-refractivity contribution is 5.14. The molecule has 0 saturated heterocycles. The van der Waals surface area contributed by atoms with Crippen molar-refractivity contribution in [1.82, 2.24) is 9.47 Å². The van der Waals surface area contributed by atoms with Gasteiger partial charge in [-0.25, -0.2) is 0 Å². The fourth-order valence-electron chi connectivity index (χ4n) is 3.09. The predicted octanol–water partition coefficient (Wildman–Crippen LogP) is 2.44. The Morgan fingerprint density at radius 2 is 2.00 bits per heavy atom. The van der Waals surface area contributed by atoms with Gasteiger partial charge in [0.15, 0.2) is 0 Å². The molecule has 0 unspecified atom stereocenters. The summed E-state index contributed by atoms with van der Waals surface area (Å²) in [6.45, 7) is 5.74. The summed E-state index contributed by atoms with van der Waals surface area (Å²) in [5.41, 5.74) is 2.46. The number of ether oxygens (including phenoxy) is 1. The molecule has 22 heavy (non-hydrogen) atoms. The normalized spacial score (nSPS) is 19.8. The molecule has 0 saturated carbocycles. The zero-order valence-electron chi connectivity index (χ0n) is 13.1. The van der Waals surface area contributed by atoms with Crippen LogP contribution in [0.5, 0.6) is 0 Å². The van der Waals surface area contributed by atoms with Gasteiger partial charge < -0.3 is 14.4 Å². The highest BCUT2D eigenvalue weighted by Gasteiger charge is 2.24. The van der Waals surface area contributed by atoms with Crippen molar-refractivity contribution in [3.8, 4) is 0 Å². The molecule has 2 aromatic rings. The first-order valence-electron chi connectivity index (χ1n) is 7.93. The first-order valence-corrected chi connectivity index (χ1v) is 7.93. The van der Waals surface area contributed by atoms with Crippen molar-refractivity contribution in [2.45, 2.75) is 32.2 Å². The molecule has 118 valence electrons. The maximum Gasteiger partial charge on any atom is 0.0900 e. The zero-order valence-corrected chi connectivity index (χ0v) is 13.1. The Labute approximate surface area is 131 Å². The summed E-state index contributed by atoms with van der Waals surface area (Å²) >= 11 is 0. The van der Waals surface area contributed by atoms with Gasteiger partial charge in [0.05, 0.1) is 19.3 Å². The minimum Gasteiger partial charge on any atom is -0.389 e. The maximum atomic E-state index is 10.2. The van der Waals surface area contributed by atoms with Gasteiger partial charge in [-0.3, -0.25) is 4.90 Å². The summed E-state index contributed by atoms with van der Waals surface area (Å²) in [5, 5.41) is 10.2. The molecule has 1 aliphatic rings. The predicted molar refractivity (Wildman–Crippen MR) is 86.5 cm³/mol. The first-order chi connectivity index (χ1) is 10.7. The van der Waals surface area contributed by atoms with Crippen molar-refractivity contribution in [1.29, 1.82) is 0 Å². The van der Waals surface area contributed by atoms with Crippen LogP contribution in [0.4, 0.5) is 0 Å². The summed E-state index contributed by atoms with van der Waals surface area (Å²) in [7, 11) is 0. The Morgan fingerprint density at radius 1 is 1.18 bits per heavy atom. The number of aliphatic hydroxyl groups excluding tert-OH is 1. The van der Waals surface area contributed by atoms with Crippen molar-refractivity contribution in [2.75, 3.05) is 19.7 Å². The Morgan fingerprint density at radius 3 is 2.82 bits per heavy atom. The van der Waals surface area contributed by atoms with Gasteiger partial charge in [-0.15, -0.1) is 0 Å². The Hall–Kier alpha value is -1.62. The molecule has 4 heteroatoms. The lowest BCUT2D eigenvalue weighted by atomic mass is 10.1. The molecular formula is C18H24N2O2. The van der Waals surface area contributed by atoms with E-state index in [1.807, 2.05) is 30.3 Å². The maximum absolute atomic E-state index is 10.2. The van der Waals surface area contributed by atoms with E-state index in [4.69, 9.17) is 4.74 Å². The van der Waals surface area contributed by atoms with Crippen molar-refractivity contribution in [3.05, 3.63) is 59.9 Å². The molecule has 2 atom stereocenters. The van der Waals surface area contributed by atoms with Gasteiger partial charge in [0, 0.05) is 37.6 Å². The van der Waals surface area contributed by atoms with Crippen LogP contribution in [-0.4, -0.2) is 40.4 Å². The third kappa shape index (κ3) is 3.58. The third-order valence-electron chi connectivity index (χ3n) is 4.34. The van der Waals surface area contributed by atoms with E-state index in [0.29, 0.717) is 25.8 Å². The smallest absolute Gasteiger partial charge is 0.0900 e. The fraction of sp³-hybridized carbons (Fsp3) is 0.444. The quantitative estimate of drug-likeness (QED) is 0.890. The minimum absolute atomic E-state index is 0.340. The number of β-amino-alcohol motifs (C(OH)–C–C–N with tert-alkyl or cyclic N) is 1. The molecule has 1 aromatic carbocycles. The lowest BCUT2D eigenvalue weighted by Crippen LogP contribution is -2.42. The molecule has 2 heterocycles. The number of nitrogens with zero attached hydrogens (tertiary/aromatic N) is 2. The van der Waals surface area contributed by atoms with E-state index in [0.717, 1.165) is 18.7 Å². The Balaban J connectivity index is 1.45. The van der Waals surface area contributed by atoms with Crippen LogP contribution in [0, 0.1) is 0 Å². The van der Waals surface area contributed by atoms with Crippen LogP contribution in [0.25, 0.3) is 0 Å². The lowest BCUT2D eigenvalue weighted by molar-refractivity contribution is -0.000819. The number of hydrogen-bond donors (Lipinski definition) is 1. The van der Waals surface area contributed by atoms with Crippen molar-refractivity contribution in [3.63, 3.8) is 0 Å². The van der Waals surface area contributed by atoms with E-state index in [1.165, 1.54) is 5.69 Å². The van der Waals surface area contributed by atoms with Gasteiger partial charge in [0.2, 0.25) is 0 Å². The highest BCUT2D eigenvalue weighted by Crippen LogP contribution is 2.25. The number of fused-ring (bicyclic) bond motifs is 1. The van der Waals surface area contributed by atoms with Gasteiger partial charge >= 0.3 is 0 Å². The van der Waals surface area contributed by atoms with E-state index in [2.05, 4.69) is 34.7 Å². The summed E-state index contributed by atoms with van der Waals surface area (Å²) in [4.78, 5) is 2.33. The van der Waals surface area contributed by atoms with Gasteiger partial charge in [-0.05, 0) is 24.6 Å². The van der Waals surface area contributed by atoms with E-state index < -0.39 is 6.10 Å². The van der Waals surface area contributed by atoms with E-state index in [9.17, 15) is 5.11 Å². The summed E-state index contributed by atoms with van der Waals surface area (Å²) in [5.74, 6) is 0. The third-order valence-corrected chi connectivity index (χ3v) is 4.34. The molecule has 3 rings (SSSR count). The molecular weight excluding hydrogens is 276 g/mol. The van der Waals surface area contributed by atoms with Crippen molar-refractivity contribution >= 4 is 0 Å². The largest absolute Gasteiger partial charge is 0.389 e. The topological polar surface area (TPSA) is 37.6 Å². The number of rotatable bonds is 6. The van der Waals surface area contributed by atoms with Gasteiger partial charge in [-0.2, -0.15) is 0 Å². The van der Waals surface area contributed by atoms with Gasteiger partial charge in [0.25, 0.3) is 0 Å². The number of aromatic nitrogens is 1.